The highest BCUT2D eigenvalue weighted by atomic mass is 16.6. The maximum atomic E-state index is 12.7. The molecule has 13 heteroatoms. The number of carbonyl (C=O) groups excluding carboxylic acids is 1. The van der Waals surface area contributed by atoms with Gasteiger partial charge in [-0.1, -0.05) is 6.92 Å². The lowest BCUT2D eigenvalue weighted by atomic mass is 9.73. The highest BCUT2D eigenvalue weighted by molar-refractivity contribution is 5.88. The molecule has 13 nitrogen and oxygen atoms in total. The van der Waals surface area contributed by atoms with Crippen LogP contribution < -0.4 is 15.1 Å². The molecule has 250 valence electrons. The molecule has 3 aromatic heterocycles. The number of pyridine rings is 1. The molecular formula is C34H45N9O4. The topological polar surface area (TPSA) is 144 Å². The van der Waals surface area contributed by atoms with Gasteiger partial charge in [0.15, 0.2) is 23.2 Å². The van der Waals surface area contributed by atoms with Gasteiger partial charge >= 0.3 is 6.09 Å². The summed E-state index contributed by atoms with van der Waals surface area (Å²) in [7, 11) is 0. The van der Waals surface area contributed by atoms with Crippen molar-refractivity contribution in [2.45, 2.75) is 103 Å². The number of nitriles is 1. The summed E-state index contributed by atoms with van der Waals surface area (Å²) >= 11 is 0. The van der Waals surface area contributed by atoms with E-state index in [1.54, 1.807) is 6.07 Å². The quantitative estimate of drug-likeness (QED) is 0.394. The number of carbonyl (C=O) groups is 1. The number of anilines is 3. The first kappa shape index (κ1) is 31.6. The number of rotatable bonds is 4. The second-order valence-electron chi connectivity index (χ2n) is 14.5. The van der Waals surface area contributed by atoms with E-state index in [1.165, 1.54) is 0 Å². The number of aromatic nitrogens is 5. The molecule has 7 rings (SSSR count). The molecule has 3 aromatic rings. The zero-order valence-electron chi connectivity index (χ0n) is 28.0. The lowest BCUT2D eigenvalue weighted by molar-refractivity contribution is -0.0368. The molecular weight excluding hydrogens is 598 g/mol. The summed E-state index contributed by atoms with van der Waals surface area (Å²) in [5.74, 6) is 1.77. The SMILES string of the molecule is C[C@@H]1OCC2(CCN(c3cnc4c(N5CC[C@H](C)c6nc(C#N)ccc65)nn(C5CCCCO5)c4n3)CC2)[C@@H]1NC(=O)OC(C)(C)C. The van der Waals surface area contributed by atoms with Crippen molar-refractivity contribution in [2.24, 2.45) is 5.41 Å². The van der Waals surface area contributed by atoms with Gasteiger partial charge in [-0.3, -0.25) is 0 Å². The van der Waals surface area contributed by atoms with Crippen LogP contribution in [0.3, 0.4) is 0 Å². The highest BCUT2D eigenvalue weighted by Gasteiger charge is 2.50. The van der Waals surface area contributed by atoms with Gasteiger partial charge in [0.2, 0.25) is 0 Å². The fourth-order valence-electron chi connectivity index (χ4n) is 7.58. The standard InChI is InChI=1S/C34H45N9O4/c1-21-11-14-42(24-10-9-23(18-35)37-27(21)24)31-28-30(43(40-31)26-8-6-7-17-45-26)38-25(19-36-28)41-15-12-34(13-16-41)20-46-22(2)29(34)39-32(44)47-33(3,4)5/h9-10,19,21-22,26,29H,6-8,11-17,20H2,1-5H3,(H,39,44)/t21-,22-,26?,29+/m0/s1. The first-order valence-electron chi connectivity index (χ1n) is 17.0. The largest absolute Gasteiger partial charge is 0.444 e. The van der Waals surface area contributed by atoms with Crippen molar-refractivity contribution < 1.29 is 19.0 Å². The summed E-state index contributed by atoms with van der Waals surface area (Å²) in [4.78, 5) is 32.1. The lowest BCUT2D eigenvalue weighted by Crippen LogP contribution is -2.55. The van der Waals surface area contributed by atoms with Crippen LogP contribution in [0.4, 0.5) is 22.1 Å². The van der Waals surface area contributed by atoms with Crippen LogP contribution in [-0.2, 0) is 14.2 Å². The Morgan fingerprint density at radius 3 is 2.64 bits per heavy atom. The van der Waals surface area contributed by atoms with E-state index in [0.29, 0.717) is 24.6 Å². The van der Waals surface area contributed by atoms with Crippen molar-refractivity contribution in [2.75, 3.05) is 42.6 Å². The average Bonchev–Trinajstić information content (AvgIpc) is 3.58. The van der Waals surface area contributed by atoms with Gasteiger partial charge in [-0.15, -0.1) is 5.10 Å². The van der Waals surface area contributed by atoms with Gasteiger partial charge in [0, 0.05) is 37.6 Å². The van der Waals surface area contributed by atoms with Crippen molar-refractivity contribution in [1.29, 1.82) is 5.26 Å². The molecule has 1 spiro atoms. The van der Waals surface area contributed by atoms with Crippen LogP contribution in [0.25, 0.3) is 11.2 Å². The van der Waals surface area contributed by atoms with Gasteiger partial charge in [0.1, 0.15) is 23.2 Å². The molecule has 4 atom stereocenters. The average molecular weight is 644 g/mol. The van der Waals surface area contributed by atoms with Crippen molar-refractivity contribution in [3.05, 3.63) is 29.7 Å². The van der Waals surface area contributed by atoms with E-state index in [1.807, 2.05) is 44.6 Å². The zero-order valence-corrected chi connectivity index (χ0v) is 28.0. The molecule has 1 unspecified atom stereocenters. The molecule has 1 N–H and O–H groups in total. The number of hydrogen-bond donors (Lipinski definition) is 1. The monoisotopic (exact) mass is 643 g/mol. The van der Waals surface area contributed by atoms with E-state index in [4.69, 9.17) is 29.3 Å². The highest BCUT2D eigenvalue weighted by Crippen LogP contribution is 2.44. The Hall–Kier alpha value is -4.02. The Kier molecular flexibility index (Phi) is 8.20. The summed E-state index contributed by atoms with van der Waals surface area (Å²) < 4.78 is 19.8. The van der Waals surface area contributed by atoms with E-state index < -0.39 is 11.7 Å². The molecule has 4 aliphatic heterocycles. The molecule has 0 aromatic carbocycles. The predicted molar refractivity (Wildman–Crippen MR) is 176 cm³/mol. The van der Waals surface area contributed by atoms with E-state index in [0.717, 1.165) is 86.7 Å². The number of ether oxygens (including phenoxy) is 3. The number of hydrogen-bond acceptors (Lipinski definition) is 11. The van der Waals surface area contributed by atoms with Gasteiger partial charge in [-0.25, -0.2) is 24.4 Å². The van der Waals surface area contributed by atoms with Crippen LogP contribution in [0.15, 0.2) is 18.3 Å². The van der Waals surface area contributed by atoms with Gasteiger partial charge in [0.25, 0.3) is 0 Å². The molecule has 7 heterocycles. The van der Waals surface area contributed by atoms with E-state index in [9.17, 15) is 10.1 Å². The number of nitrogens with one attached hydrogen (secondary N) is 1. The summed E-state index contributed by atoms with van der Waals surface area (Å²) in [6.45, 7) is 13.4. The minimum Gasteiger partial charge on any atom is -0.444 e. The van der Waals surface area contributed by atoms with Crippen molar-refractivity contribution >= 4 is 34.6 Å². The molecule has 0 radical (unpaired) electrons. The van der Waals surface area contributed by atoms with Gasteiger partial charge in [-0.2, -0.15) is 5.26 Å². The Labute approximate surface area is 275 Å². The zero-order chi connectivity index (χ0) is 32.9. The molecule has 0 bridgehead atoms. The number of amides is 1. The Balaban J connectivity index is 1.17. The summed E-state index contributed by atoms with van der Waals surface area (Å²) in [5.41, 5.74) is 2.96. The van der Waals surface area contributed by atoms with Crippen molar-refractivity contribution in [3.63, 3.8) is 0 Å². The van der Waals surface area contributed by atoms with Gasteiger partial charge < -0.3 is 29.3 Å². The van der Waals surface area contributed by atoms with Crippen LogP contribution >= 0.6 is 0 Å². The first-order chi connectivity index (χ1) is 22.5. The molecule has 47 heavy (non-hydrogen) atoms. The third kappa shape index (κ3) is 5.97. The van der Waals surface area contributed by atoms with Crippen LogP contribution in [0.1, 0.15) is 96.7 Å². The molecule has 3 saturated heterocycles. The smallest absolute Gasteiger partial charge is 0.407 e. The number of alkyl carbamates (subject to hydrolysis) is 1. The van der Waals surface area contributed by atoms with Crippen LogP contribution in [-0.4, -0.2) is 81.4 Å². The minimum absolute atomic E-state index is 0.0990. The second-order valence-corrected chi connectivity index (χ2v) is 14.5. The molecule has 0 aliphatic carbocycles. The lowest BCUT2D eigenvalue weighted by Gasteiger charge is -2.42. The Morgan fingerprint density at radius 1 is 1.11 bits per heavy atom. The maximum absolute atomic E-state index is 12.7. The molecule has 4 aliphatic rings. The molecule has 0 saturated carbocycles. The normalized spacial score (nSPS) is 25.9. The molecule has 3 fully saturated rings. The summed E-state index contributed by atoms with van der Waals surface area (Å²) in [5, 5.41) is 17.7. The van der Waals surface area contributed by atoms with Crippen LogP contribution in [0, 0.1) is 16.7 Å². The van der Waals surface area contributed by atoms with Crippen LogP contribution in [0.5, 0.6) is 0 Å². The number of piperidine rings is 1. The van der Waals surface area contributed by atoms with Crippen LogP contribution in [0.2, 0.25) is 0 Å². The van der Waals surface area contributed by atoms with E-state index in [2.05, 4.69) is 33.1 Å². The number of nitrogens with zero attached hydrogens (tertiary/aromatic N) is 8. The van der Waals surface area contributed by atoms with Gasteiger partial charge in [0.05, 0.1) is 36.3 Å². The summed E-state index contributed by atoms with van der Waals surface area (Å²) in [6.07, 6.45) is 6.66. The van der Waals surface area contributed by atoms with Crippen molar-refractivity contribution in [1.82, 2.24) is 30.0 Å². The maximum Gasteiger partial charge on any atom is 0.407 e. The fourth-order valence-corrected chi connectivity index (χ4v) is 7.58. The Morgan fingerprint density at radius 2 is 1.91 bits per heavy atom. The second kappa shape index (κ2) is 12.2. The number of fused-ring (bicyclic) bond motifs is 2. The first-order valence-corrected chi connectivity index (χ1v) is 17.0. The van der Waals surface area contributed by atoms with Gasteiger partial charge in [-0.05, 0) is 78.4 Å². The van der Waals surface area contributed by atoms with Crippen molar-refractivity contribution in [3.8, 4) is 6.07 Å². The van der Waals surface area contributed by atoms with E-state index >= 15 is 0 Å². The van der Waals surface area contributed by atoms with E-state index in [-0.39, 0.29) is 29.7 Å². The third-order valence-corrected chi connectivity index (χ3v) is 10.1. The summed E-state index contributed by atoms with van der Waals surface area (Å²) in [6, 6.07) is 5.79. The fraction of sp³-hybridized carbons (Fsp3) is 0.647. The minimum atomic E-state index is -0.566. The Bertz CT molecular complexity index is 1680. The third-order valence-electron chi connectivity index (χ3n) is 10.1. The molecule has 1 amide bonds. The predicted octanol–water partition coefficient (Wildman–Crippen LogP) is 5.34.